The number of nitrogens with one attached hydrogen (secondary N) is 1. The van der Waals surface area contributed by atoms with Crippen LogP contribution in [0.3, 0.4) is 0 Å². The van der Waals surface area contributed by atoms with Crippen molar-refractivity contribution in [3.8, 4) is 6.07 Å². The summed E-state index contributed by atoms with van der Waals surface area (Å²) in [6, 6.07) is 14.6. The second-order valence-electron chi connectivity index (χ2n) is 5.59. The molecule has 3 aromatic rings. The Kier molecular flexibility index (Phi) is 4.20. The van der Waals surface area contributed by atoms with Crippen LogP contribution in [0.1, 0.15) is 27.0 Å². The highest BCUT2D eigenvalue weighted by Crippen LogP contribution is 2.25. The number of para-hydroxylation sites is 1. The molecule has 118 valence electrons. The molecule has 0 aliphatic carbocycles. The Hall–Kier alpha value is -2.90. The number of amides is 1. The molecule has 1 aromatic heterocycles. The van der Waals surface area contributed by atoms with Crippen LogP contribution in [-0.4, -0.2) is 10.9 Å². The molecule has 0 unspecified atom stereocenters. The maximum absolute atomic E-state index is 12.6. The number of fused-ring (bicyclic) bond motifs is 1. The van der Waals surface area contributed by atoms with Gasteiger partial charge in [-0.05, 0) is 43.7 Å². The van der Waals surface area contributed by atoms with Crippen LogP contribution >= 0.6 is 11.6 Å². The molecule has 1 heterocycles. The highest BCUT2D eigenvalue weighted by Gasteiger charge is 2.15. The van der Waals surface area contributed by atoms with Crippen LogP contribution < -0.4 is 5.32 Å². The van der Waals surface area contributed by atoms with Crippen LogP contribution in [0.5, 0.6) is 0 Å². The summed E-state index contributed by atoms with van der Waals surface area (Å²) in [5.74, 6) is -0.392. The molecular formula is C19H14ClN3O. The third kappa shape index (κ3) is 2.94. The van der Waals surface area contributed by atoms with Crippen molar-refractivity contribution in [2.45, 2.75) is 13.8 Å². The van der Waals surface area contributed by atoms with Gasteiger partial charge in [0, 0.05) is 5.39 Å². The van der Waals surface area contributed by atoms with Gasteiger partial charge in [-0.3, -0.25) is 4.79 Å². The first-order valence-electron chi connectivity index (χ1n) is 7.37. The van der Waals surface area contributed by atoms with Crippen molar-refractivity contribution in [2.24, 2.45) is 0 Å². The van der Waals surface area contributed by atoms with E-state index in [0.29, 0.717) is 11.3 Å². The first kappa shape index (κ1) is 16.0. The van der Waals surface area contributed by atoms with E-state index >= 15 is 0 Å². The van der Waals surface area contributed by atoms with Gasteiger partial charge in [-0.15, -0.1) is 0 Å². The topological polar surface area (TPSA) is 65.8 Å². The molecular weight excluding hydrogens is 322 g/mol. The fraction of sp³-hybridized carbons (Fsp3) is 0.105. The van der Waals surface area contributed by atoms with Crippen LogP contribution in [0.2, 0.25) is 5.15 Å². The number of nitrogens with zero attached hydrogens (tertiary/aromatic N) is 2. The third-order valence-corrected chi connectivity index (χ3v) is 4.03. The second-order valence-corrected chi connectivity index (χ2v) is 5.95. The number of anilines is 1. The number of carbonyl (C=O) groups is 1. The molecule has 0 saturated heterocycles. The Balaban J connectivity index is 2.04. The first-order valence-corrected chi connectivity index (χ1v) is 7.75. The molecule has 0 spiro atoms. The van der Waals surface area contributed by atoms with Crippen molar-refractivity contribution in [3.05, 3.63) is 69.9 Å². The molecule has 0 radical (unpaired) electrons. The minimum Gasteiger partial charge on any atom is -0.321 e. The Morgan fingerprint density at radius 1 is 1.21 bits per heavy atom. The van der Waals surface area contributed by atoms with Crippen molar-refractivity contribution in [1.82, 2.24) is 4.98 Å². The largest absolute Gasteiger partial charge is 0.321 e. The molecule has 24 heavy (non-hydrogen) atoms. The summed E-state index contributed by atoms with van der Waals surface area (Å²) in [5, 5.41) is 12.8. The zero-order valence-corrected chi connectivity index (χ0v) is 14.0. The molecule has 2 aromatic carbocycles. The van der Waals surface area contributed by atoms with Gasteiger partial charge in [-0.2, -0.15) is 5.26 Å². The van der Waals surface area contributed by atoms with Gasteiger partial charge in [-0.25, -0.2) is 4.98 Å². The monoisotopic (exact) mass is 335 g/mol. The number of aromatic nitrogens is 1. The SMILES string of the molecule is Cc1cc(C)c2nc(Cl)c(C(=O)Nc3ccccc3C#N)cc2c1. The minimum absolute atomic E-state index is 0.140. The molecule has 0 aliphatic heterocycles. The van der Waals surface area contributed by atoms with Crippen molar-refractivity contribution in [2.75, 3.05) is 5.32 Å². The summed E-state index contributed by atoms with van der Waals surface area (Å²) < 4.78 is 0. The summed E-state index contributed by atoms with van der Waals surface area (Å²) in [7, 11) is 0. The molecule has 1 N–H and O–H groups in total. The van der Waals surface area contributed by atoms with Crippen LogP contribution in [0.25, 0.3) is 10.9 Å². The number of pyridine rings is 1. The number of benzene rings is 2. The van der Waals surface area contributed by atoms with Crippen molar-refractivity contribution in [3.63, 3.8) is 0 Å². The maximum atomic E-state index is 12.6. The number of halogens is 1. The first-order chi connectivity index (χ1) is 11.5. The number of rotatable bonds is 2. The van der Waals surface area contributed by atoms with Gasteiger partial charge in [-0.1, -0.05) is 35.4 Å². The van der Waals surface area contributed by atoms with Crippen LogP contribution in [0.15, 0.2) is 42.5 Å². The summed E-state index contributed by atoms with van der Waals surface area (Å²) in [5.41, 5.74) is 3.99. The Morgan fingerprint density at radius 3 is 2.71 bits per heavy atom. The Morgan fingerprint density at radius 2 is 1.96 bits per heavy atom. The molecule has 0 bridgehead atoms. The van der Waals surface area contributed by atoms with E-state index in [1.807, 2.05) is 32.0 Å². The van der Waals surface area contributed by atoms with Gasteiger partial charge in [0.25, 0.3) is 5.91 Å². The van der Waals surface area contributed by atoms with Crippen LogP contribution in [0, 0.1) is 25.2 Å². The normalized spacial score (nSPS) is 10.4. The van der Waals surface area contributed by atoms with Gasteiger partial charge in [0.05, 0.1) is 22.3 Å². The lowest BCUT2D eigenvalue weighted by Gasteiger charge is -2.10. The van der Waals surface area contributed by atoms with Gasteiger partial charge in [0.1, 0.15) is 11.2 Å². The lowest BCUT2D eigenvalue weighted by atomic mass is 10.1. The van der Waals surface area contributed by atoms with E-state index in [1.165, 1.54) is 0 Å². The molecule has 0 saturated carbocycles. The lowest BCUT2D eigenvalue weighted by molar-refractivity contribution is 0.102. The van der Waals surface area contributed by atoms with Crippen molar-refractivity contribution >= 4 is 34.1 Å². The van der Waals surface area contributed by atoms with E-state index in [-0.39, 0.29) is 10.7 Å². The maximum Gasteiger partial charge on any atom is 0.258 e. The van der Waals surface area contributed by atoms with Gasteiger partial charge >= 0.3 is 0 Å². The summed E-state index contributed by atoms with van der Waals surface area (Å²) in [4.78, 5) is 16.9. The summed E-state index contributed by atoms with van der Waals surface area (Å²) in [6.45, 7) is 3.95. The summed E-state index contributed by atoms with van der Waals surface area (Å²) >= 11 is 6.21. The molecule has 1 amide bonds. The predicted octanol–water partition coefficient (Wildman–Crippen LogP) is 4.63. The Labute approximate surface area is 144 Å². The number of carbonyl (C=O) groups excluding carboxylic acids is 1. The third-order valence-electron chi connectivity index (χ3n) is 3.75. The molecule has 4 nitrogen and oxygen atoms in total. The smallest absolute Gasteiger partial charge is 0.258 e. The average Bonchev–Trinajstić information content (AvgIpc) is 2.55. The molecule has 5 heteroatoms. The van der Waals surface area contributed by atoms with Gasteiger partial charge in [0.15, 0.2) is 0 Å². The van der Waals surface area contributed by atoms with Crippen LogP contribution in [-0.2, 0) is 0 Å². The average molecular weight is 336 g/mol. The van der Waals surface area contributed by atoms with E-state index in [2.05, 4.69) is 10.3 Å². The van der Waals surface area contributed by atoms with Gasteiger partial charge < -0.3 is 5.32 Å². The number of hydrogen-bond donors (Lipinski definition) is 1. The van der Waals surface area contributed by atoms with Crippen molar-refractivity contribution < 1.29 is 4.79 Å². The van der Waals surface area contributed by atoms with E-state index in [4.69, 9.17) is 16.9 Å². The zero-order valence-electron chi connectivity index (χ0n) is 13.2. The quantitative estimate of drug-likeness (QED) is 0.694. The minimum atomic E-state index is -0.392. The number of hydrogen-bond acceptors (Lipinski definition) is 3. The standard InChI is InChI=1S/C19H14ClN3O/c1-11-7-12(2)17-14(8-11)9-15(18(20)23-17)19(24)22-16-6-4-3-5-13(16)10-21/h3-9H,1-2H3,(H,22,24). The van der Waals surface area contributed by atoms with E-state index in [9.17, 15) is 4.79 Å². The fourth-order valence-electron chi connectivity index (χ4n) is 2.67. The van der Waals surface area contributed by atoms with Crippen LogP contribution in [0.4, 0.5) is 5.69 Å². The predicted molar refractivity (Wildman–Crippen MR) is 95.3 cm³/mol. The zero-order chi connectivity index (χ0) is 17.3. The molecule has 0 atom stereocenters. The molecule has 3 rings (SSSR count). The van der Waals surface area contributed by atoms with Crippen molar-refractivity contribution in [1.29, 1.82) is 5.26 Å². The molecule has 0 fully saturated rings. The Bertz CT molecular complexity index is 1010. The number of nitriles is 1. The van der Waals surface area contributed by atoms with E-state index < -0.39 is 5.91 Å². The highest BCUT2D eigenvalue weighted by atomic mass is 35.5. The van der Waals surface area contributed by atoms with Gasteiger partial charge in [0.2, 0.25) is 0 Å². The lowest BCUT2D eigenvalue weighted by Crippen LogP contribution is -2.14. The number of aryl methyl sites for hydroxylation is 2. The van der Waals surface area contributed by atoms with E-state index in [0.717, 1.165) is 22.0 Å². The molecule has 0 aliphatic rings. The fourth-order valence-corrected chi connectivity index (χ4v) is 2.89. The summed E-state index contributed by atoms with van der Waals surface area (Å²) in [6.07, 6.45) is 0. The second kappa shape index (κ2) is 6.31. The van der Waals surface area contributed by atoms with E-state index in [1.54, 1.807) is 30.3 Å². The highest BCUT2D eigenvalue weighted by molar-refractivity contribution is 6.34.